The molecule has 1 aliphatic heterocycles. The highest BCUT2D eigenvalue weighted by molar-refractivity contribution is 6.23. The van der Waals surface area contributed by atoms with Crippen LogP contribution < -0.4 is 4.90 Å². The van der Waals surface area contributed by atoms with Gasteiger partial charge in [-0.25, -0.2) is 0 Å². The summed E-state index contributed by atoms with van der Waals surface area (Å²) in [6, 6.07) is 6.33. The minimum absolute atomic E-state index is 0.00836. The molecule has 3 saturated carbocycles. The largest absolute Gasteiger partial charge is 0.508 e. The molecule has 2 bridgehead atoms. The number of anilines is 1. The number of phenols is 1. The van der Waals surface area contributed by atoms with Gasteiger partial charge in [0.15, 0.2) is 0 Å². The lowest BCUT2D eigenvalue weighted by Gasteiger charge is -2.68. The van der Waals surface area contributed by atoms with Crippen molar-refractivity contribution >= 4 is 23.5 Å². The van der Waals surface area contributed by atoms with Gasteiger partial charge in [-0.1, -0.05) is 38.8 Å². The Morgan fingerprint density at radius 2 is 1.72 bits per heavy atom. The Balaban J connectivity index is 1.49. The zero-order valence-corrected chi connectivity index (χ0v) is 21.7. The molecule has 2 amide bonds. The number of aromatic hydroxyl groups is 1. The summed E-state index contributed by atoms with van der Waals surface area (Å²) in [5, 5.41) is 20.0. The Morgan fingerprint density at radius 3 is 2.36 bits per heavy atom. The Kier molecular flexibility index (Phi) is 4.92. The maximum absolute atomic E-state index is 14.2. The molecule has 1 spiro atoms. The number of imide groups is 1. The highest BCUT2D eigenvalue weighted by Crippen LogP contribution is 2.74. The van der Waals surface area contributed by atoms with Crippen LogP contribution in [0.4, 0.5) is 5.69 Å². The number of carbonyl (C=O) groups is 3. The number of rotatable bonds is 3. The fourth-order valence-electron chi connectivity index (χ4n) is 9.81. The lowest BCUT2D eigenvalue weighted by molar-refractivity contribution is -0.194. The van der Waals surface area contributed by atoms with Crippen molar-refractivity contribution in [3.63, 3.8) is 0 Å². The summed E-state index contributed by atoms with van der Waals surface area (Å²) in [5.74, 6) is -1.04. The van der Waals surface area contributed by atoms with E-state index in [1.165, 1.54) is 22.6 Å². The van der Waals surface area contributed by atoms with Gasteiger partial charge in [0.25, 0.3) is 0 Å². The second kappa shape index (κ2) is 7.45. The second-order valence-corrected chi connectivity index (χ2v) is 13.0. The van der Waals surface area contributed by atoms with Crippen LogP contribution in [-0.2, 0) is 14.4 Å². The number of hydrogen-bond acceptors (Lipinski definition) is 4. The van der Waals surface area contributed by atoms with E-state index in [2.05, 4.69) is 26.8 Å². The molecule has 8 atom stereocenters. The Morgan fingerprint density at radius 1 is 1.03 bits per heavy atom. The van der Waals surface area contributed by atoms with Gasteiger partial charge in [-0.2, -0.15) is 0 Å². The Hall–Kier alpha value is -2.63. The monoisotopic (exact) mass is 491 g/mol. The number of hydrogen-bond donors (Lipinski definition) is 2. The molecular formula is C30H37NO5. The molecule has 2 N–H and O–H groups in total. The molecule has 1 aromatic carbocycles. The quantitative estimate of drug-likeness (QED) is 0.436. The highest BCUT2D eigenvalue weighted by atomic mass is 16.4. The molecule has 0 aromatic heterocycles. The Labute approximate surface area is 212 Å². The van der Waals surface area contributed by atoms with E-state index in [0.29, 0.717) is 18.0 Å². The third-order valence-electron chi connectivity index (χ3n) is 11.3. The van der Waals surface area contributed by atoms with Crippen molar-refractivity contribution in [3.8, 4) is 5.75 Å². The third-order valence-corrected chi connectivity index (χ3v) is 11.3. The fraction of sp³-hybridized carbons (Fsp3) is 0.633. The van der Waals surface area contributed by atoms with Crippen LogP contribution in [0.2, 0.25) is 0 Å². The number of nitrogens with zero attached hydrogens (tertiary/aromatic N) is 1. The van der Waals surface area contributed by atoms with E-state index in [1.807, 2.05) is 6.92 Å². The van der Waals surface area contributed by atoms with E-state index >= 15 is 0 Å². The third kappa shape index (κ3) is 2.76. The summed E-state index contributed by atoms with van der Waals surface area (Å²) in [6.45, 7) is 8.59. The van der Waals surface area contributed by atoms with Crippen LogP contribution in [0.15, 0.2) is 35.9 Å². The molecule has 1 aromatic rings. The van der Waals surface area contributed by atoms with Crippen molar-refractivity contribution in [2.45, 2.75) is 66.2 Å². The van der Waals surface area contributed by atoms with Gasteiger partial charge < -0.3 is 10.2 Å². The summed E-state index contributed by atoms with van der Waals surface area (Å²) in [6.07, 6.45) is 7.35. The van der Waals surface area contributed by atoms with Crippen molar-refractivity contribution in [1.82, 2.24) is 0 Å². The van der Waals surface area contributed by atoms with Gasteiger partial charge in [-0.15, -0.1) is 0 Å². The van der Waals surface area contributed by atoms with E-state index < -0.39 is 22.7 Å². The smallest absolute Gasteiger partial charge is 0.309 e. The first-order chi connectivity index (χ1) is 17.0. The average Bonchev–Trinajstić information content (AvgIpc) is 3.11. The molecule has 0 unspecified atom stereocenters. The van der Waals surface area contributed by atoms with Crippen molar-refractivity contribution in [2.24, 2.45) is 51.8 Å². The first-order valence-corrected chi connectivity index (χ1v) is 13.6. The minimum Gasteiger partial charge on any atom is -0.508 e. The average molecular weight is 492 g/mol. The molecule has 6 heteroatoms. The molecule has 36 heavy (non-hydrogen) atoms. The molecular weight excluding hydrogens is 454 g/mol. The van der Waals surface area contributed by atoms with Gasteiger partial charge in [0, 0.05) is 5.41 Å². The summed E-state index contributed by atoms with van der Waals surface area (Å²) in [7, 11) is 0. The molecule has 7 rings (SSSR count). The van der Waals surface area contributed by atoms with Gasteiger partial charge >= 0.3 is 5.97 Å². The van der Waals surface area contributed by atoms with E-state index in [0.717, 1.165) is 32.1 Å². The molecule has 0 radical (unpaired) electrons. The van der Waals surface area contributed by atoms with E-state index in [4.69, 9.17) is 0 Å². The van der Waals surface area contributed by atoms with Gasteiger partial charge in [-0.05, 0) is 92.4 Å². The molecule has 1 heterocycles. The zero-order chi connectivity index (χ0) is 25.8. The van der Waals surface area contributed by atoms with Gasteiger partial charge in [-0.3, -0.25) is 19.3 Å². The number of allylic oxidation sites excluding steroid dienone is 2. The Bertz CT molecular complexity index is 1190. The number of fused-ring (bicyclic) bond motifs is 1. The van der Waals surface area contributed by atoms with Crippen LogP contribution in [0, 0.1) is 51.8 Å². The first-order valence-electron chi connectivity index (χ1n) is 13.6. The van der Waals surface area contributed by atoms with Gasteiger partial charge in [0.05, 0.1) is 22.9 Å². The first kappa shape index (κ1) is 23.7. The molecule has 5 aliphatic carbocycles. The second-order valence-electron chi connectivity index (χ2n) is 13.0. The van der Waals surface area contributed by atoms with E-state index in [9.17, 15) is 24.6 Å². The number of aliphatic carboxylic acids is 1. The van der Waals surface area contributed by atoms with Crippen molar-refractivity contribution in [1.29, 1.82) is 0 Å². The molecule has 6 nitrogen and oxygen atoms in total. The summed E-state index contributed by atoms with van der Waals surface area (Å²) >= 11 is 0. The number of carboxylic acids is 1. The van der Waals surface area contributed by atoms with Crippen LogP contribution in [0.25, 0.3) is 0 Å². The summed E-state index contributed by atoms with van der Waals surface area (Å²) in [4.78, 5) is 42.0. The maximum atomic E-state index is 14.2. The van der Waals surface area contributed by atoms with Crippen LogP contribution in [-0.4, -0.2) is 28.0 Å². The molecule has 192 valence electrons. The number of benzene rings is 1. The normalized spacial score (nSPS) is 43.2. The number of phenolic OH excluding ortho intramolecular Hbond substituents is 1. The van der Waals surface area contributed by atoms with Crippen LogP contribution >= 0.6 is 0 Å². The standard InChI is InChI=1S/C30H37NO5/c1-16(2)20-15-30-13-10-21-28(3,11-5-12-29(21,4)27(35)36)22(30)14-19(20)23-24(30)26(34)31(25(23)33)17-6-8-18(32)9-7-17/h6-9,15-16,19,21-24,32H,5,10-14H2,1-4H3,(H,35,36)/t19-,21-,22-,23+,24-,28-,29+,30-/m0/s1. The predicted octanol–water partition coefficient (Wildman–Crippen LogP) is 5.41. The number of carboxylic acid groups (broad SMARTS) is 1. The fourth-order valence-corrected chi connectivity index (χ4v) is 9.81. The molecule has 4 fully saturated rings. The molecule has 1 saturated heterocycles. The van der Waals surface area contributed by atoms with Crippen molar-refractivity contribution < 1.29 is 24.6 Å². The van der Waals surface area contributed by atoms with Crippen LogP contribution in [0.1, 0.15) is 66.2 Å². The predicted molar refractivity (Wildman–Crippen MR) is 135 cm³/mol. The SMILES string of the molecule is CC(C)C1=C[C@@]23CC[C@H]4[C@](C)(CCC[C@@]4(C)C(=O)O)[C@@H]2C[C@@H]1[C@H]1C(=O)N(c2ccc(O)cc2)C(=O)[C@H]13. The van der Waals surface area contributed by atoms with E-state index in [1.54, 1.807) is 12.1 Å². The number of amides is 2. The maximum Gasteiger partial charge on any atom is 0.309 e. The van der Waals surface area contributed by atoms with Crippen LogP contribution in [0.5, 0.6) is 5.75 Å². The zero-order valence-electron chi connectivity index (χ0n) is 21.7. The van der Waals surface area contributed by atoms with Gasteiger partial charge in [0.1, 0.15) is 5.75 Å². The number of carbonyl (C=O) groups excluding carboxylic acids is 2. The van der Waals surface area contributed by atoms with Crippen LogP contribution in [0.3, 0.4) is 0 Å². The van der Waals surface area contributed by atoms with Crippen molar-refractivity contribution in [2.75, 3.05) is 4.90 Å². The topological polar surface area (TPSA) is 94.9 Å². The van der Waals surface area contributed by atoms with E-state index in [-0.39, 0.29) is 46.7 Å². The lowest BCUT2D eigenvalue weighted by Crippen LogP contribution is -2.65. The molecule has 6 aliphatic rings. The van der Waals surface area contributed by atoms with Crippen molar-refractivity contribution in [3.05, 3.63) is 35.9 Å². The van der Waals surface area contributed by atoms with Gasteiger partial charge in [0.2, 0.25) is 11.8 Å². The summed E-state index contributed by atoms with van der Waals surface area (Å²) < 4.78 is 0. The lowest BCUT2D eigenvalue weighted by atomic mass is 9.34. The minimum atomic E-state index is -0.747. The summed E-state index contributed by atoms with van der Waals surface area (Å²) in [5.41, 5.74) is 0.482. The highest BCUT2D eigenvalue weighted by Gasteiger charge is 2.73.